The van der Waals surface area contributed by atoms with E-state index in [1.165, 1.54) is 13.1 Å². The molecule has 0 aromatic rings. The normalized spacial score (nSPS) is 11.7. The lowest BCUT2D eigenvalue weighted by atomic mass is 10.2. The Kier molecular flexibility index (Phi) is 3.95. The Morgan fingerprint density at radius 2 is 2.36 bits per heavy atom. The van der Waals surface area contributed by atoms with Crippen molar-refractivity contribution in [1.29, 1.82) is 0 Å². The van der Waals surface area contributed by atoms with Crippen molar-refractivity contribution in [3.05, 3.63) is 12.8 Å². The molecule has 0 aliphatic heterocycles. The van der Waals surface area contributed by atoms with Gasteiger partial charge >= 0.3 is 0 Å². The zero-order chi connectivity index (χ0) is 8.85. The highest BCUT2D eigenvalue weighted by Crippen LogP contribution is 1.95. The Labute approximate surface area is 65.1 Å². The highest BCUT2D eigenvalue weighted by molar-refractivity contribution is 5.68. The van der Waals surface area contributed by atoms with Gasteiger partial charge in [0.05, 0.1) is 0 Å². The lowest BCUT2D eigenvalue weighted by Crippen LogP contribution is -2.36. The molecule has 0 saturated heterocycles. The van der Waals surface area contributed by atoms with Gasteiger partial charge in [0.15, 0.2) is 0 Å². The SMILES string of the molecule is C=CN(C=O)CC(C)C(=O)[O-]. The minimum absolute atomic E-state index is 0.106. The average Bonchev–Trinajstić information content (AvgIpc) is 1.99. The van der Waals surface area contributed by atoms with Crippen LogP contribution in [0.3, 0.4) is 0 Å². The zero-order valence-corrected chi connectivity index (χ0v) is 6.32. The molecule has 0 heterocycles. The molecule has 0 rings (SSSR count). The van der Waals surface area contributed by atoms with Crippen molar-refractivity contribution < 1.29 is 14.7 Å². The molecule has 0 N–H and O–H groups in total. The van der Waals surface area contributed by atoms with Crippen LogP contribution in [0.5, 0.6) is 0 Å². The summed E-state index contributed by atoms with van der Waals surface area (Å²) in [4.78, 5) is 21.5. The van der Waals surface area contributed by atoms with E-state index >= 15 is 0 Å². The van der Waals surface area contributed by atoms with Gasteiger partial charge < -0.3 is 14.8 Å². The number of carbonyl (C=O) groups is 2. The molecule has 1 atom stereocenters. The predicted molar refractivity (Wildman–Crippen MR) is 37.1 cm³/mol. The first-order chi connectivity index (χ1) is 5.11. The van der Waals surface area contributed by atoms with Gasteiger partial charge in [0.2, 0.25) is 6.41 Å². The summed E-state index contributed by atoms with van der Waals surface area (Å²) in [7, 11) is 0. The number of carbonyl (C=O) groups excluding carboxylic acids is 2. The van der Waals surface area contributed by atoms with Crippen LogP contribution in [-0.4, -0.2) is 23.8 Å². The highest BCUT2D eigenvalue weighted by Gasteiger charge is 2.05. The molecule has 0 saturated carbocycles. The van der Waals surface area contributed by atoms with Gasteiger partial charge in [-0.2, -0.15) is 0 Å². The van der Waals surface area contributed by atoms with Crippen molar-refractivity contribution in [2.75, 3.05) is 6.54 Å². The number of hydrogen-bond acceptors (Lipinski definition) is 3. The number of nitrogens with zero attached hydrogens (tertiary/aromatic N) is 1. The first kappa shape index (κ1) is 9.68. The molecule has 0 aromatic carbocycles. The van der Waals surface area contributed by atoms with E-state index in [1.54, 1.807) is 0 Å². The first-order valence-electron chi connectivity index (χ1n) is 3.16. The van der Waals surface area contributed by atoms with E-state index in [2.05, 4.69) is 6.58 Å². The lowest BCUT2D eigenvalue weighted by molar-refractivity contribution is -0.311. The summed E-state index contributed by atoms with van der Waals surface area (Å²) in [6.07, 6.45) is 1.79. The Bertz CT molecular complexity index is 159. The maximum absolute atomic E-state index is 10.2. The molecule has 0 aliphatic rings. The molecule has 1 amide bonds. The maximum Gasteiger partial charge on any atom is 0.213 e. The summed E-state index contributed by atoms with van der Waals surface area (Å²) >= 11 is 0. The molecule has 0 aliphatic carbocycles. The lowest BCUT2D eigenvalue weighted by Gasteiger charge is -2.17. The summed E-state index contributed by atoms with van der Waals surface area (Å²) in [6, 6.07) is 0. The summed E-state index contributed by atoms with van der Waals surface area (Å²) in [5, 5.41) is 10.2. The zero-order valence-electron chi connectivity index (χ0n) is 6.32. The van der Waals surface area contributed by atoms with Crippen molar-refractivity contribution in [2.24, 2.45) is 5.92 Å². The smallest absolute Gasteiger partial charge is 0.213 e. The van der Waals surface area contributed by atoms with E-state index < -0.39 is 11.9 Å². The van der Waals surface area contributed by atoms with E-state index in [1.807, 2.05) is 0 Å². The van der Waals surface area contributed by atoms with Crippen LogP contribution < -0.4 is 5.11 Å². The van der Waals surface area contributed by atoms with Gasteiger partial charge in [0, 0.05) is 18.4 Å². The predicted octanol–water partition coefficient (Wildman–Crippen LogP) is -1.03. The molecular weight excluding hydrogens is 146 g/mol. The summed E-state index contributed by atoms with van der Waals surface area (Å²) in [5.41, 5.74) is 0. The summed E-state index contributed by atoms with van der Waals surface area (Å²) < 4.78 is 0. The molecule has 4 heteroatoms. The monoisotopic (exact) mass is 156 g/mol. The third kappa shape index (κ3) is 3.40. The Morgan fingerprint density at radius 3 is 2.64 bits per heavy atom. The fourth-order valence-electron chi connectivity index (χ4n) is 0.551. The van der Waals surface area contributed by atoms with Gasteiger partial charge in [-0.15, -0.1) is 0 Å². The largest absolute Gasteiger partial charge is 0.550 e. The van der Waals surface area contributed by atoms with Crippen molar-refractivity contribution in [3.8, 4) is 0 Å². The molecule has 0 aromatic heterocycles. The molecule has 1 unspecified atom stereocenters. The number of carboxylic acids is 1. The van der Waals surface area contributed by atoms with Crippen molar-refractivity contribution in [1.82, 2.24) is 4.90 Å². The van der Waals surface area contributed by atoms with Crippen LogP contribution in [0, 0.1) is 5.92 Å². The fourth-order valence-corrected chi connectivity index (χ4v) is 0.551. The third-order valence-corrected chi connectivity index (χ3v) is 1.26. The van der Waals surface area contributed by atoms with Crippen LogP contribution in [0.15, 0.2) is 12.8 Å². The Morgan fingerprint density at radius 1 is 1.82 bits per heavy atom. The van der Waals surface area contributed by atoms with Gasteiger partial charge in [-0.1, -0.05) is 13.5 Å². The Balaban J connectivity index is 3.90. The molecule has 11 heavy (non-hydrogen) atoms. The van der Waals surface area contributed by atoms with E-state index in [0.717, 1.165) is 4.90 Å². The van der Waals surface area contributed by atoms with Crippen LogP contribution in [-0.2, 0) is 9.59 Å². The number of aliphatic carboxylic acids is 1. The molecule has 0 spiro atoms. The summed E-state index contributed by atoms with van der Waals surface area (Å²) in [6.45, 7) is 4.90. The van der Waals surface area contributed by atoms with E-state index in [0.29, 0.717) is 6.41 Å². The van der Waals surface area contributed by atoms with Gasteiger partial charge in [-0.3, -0.25) is 4.79 Å². The first-order valence-corrected chi connectivity index (χ1v) is 3.16. The van der Waals surface area contributed by atoms with Crippen LogP contribution >= 0.6 is 0 Å². The second kappa shape index (κ2) is 4.49. The number of amides is 1. The molecular formula is C7H10NO3-. The molecule has 0 bridgehead atoms. The maximum atomic E-state index is 10.2. The van der Waals surface area contributed by atoms with Crippen molar-refractivity contribution in [3.63, 3.8) is 0 Å². The molecule has 62 valence electrons. The molecule has 0 radical (unpaired) electrons. The van der Waals surface area contributed by atoms with Crippen LogP contribution in [0.2, 0.25) is 0 Å². The molecule has 4 nitrogen and oxygen atoms in total. The number of rotatable bonds is 5. The number of carboxylic acid groups (broad SMARTS) is 1. The van der Waals surface area contributed by atoms with E-state index in [9.17, 15) is 14.7 Å². The van der Waals surface area contributed by atoms with E-state index in [4.69, 9.17) is 0 Å². The summed E-state index contributed by atoms with van der Waals surface area (Å²) in [5.74, 6) is -1.84. The second-order valence-corrected chi connectivity index (χ2v) is 2.20. The minimum Gasteiger partial charge on any atom is -0.550 e. The van der Waals surface area contributed by atoms with Crippen LogP contribution in [0.25, 0.3) is 0 Å². The molecule has 0 fully saturated rings. The highest BCUT2D eigenvalue weighted by atomic mass is 16.4. The second-order valence-electron chi connectivity index (χ2n) is 2.20. The minimum atomic E-state index is -1.17. The van der Waals surface area contributed by atoms with Gasteiger partial charge in [0.25, 0.3) is 0 Å². The standard InChI is InChI=1S/C7H11NO3/c1-3-8(5-9)4-6(2)7(10)11/h3,5-6H,1,4H2,2H3,(H,10,11)/p-1. The van der Waals surface area contributed by atoms with Crippen molar-refractivity contribution in [2.45, 2.75) is 6.92 Å². The fraction of sp³-hybridized carbons (Fsp3) is 0.429. The third-order valence-electron chi connectivity index (χ3n) is 1.26. The number of hydrogen-bond donors (Lipinski definition) is 0. The Hall–Kier alpha value is -1.32. The van der Waals surface area contributed by atoms with Crippen molar-refractivity contribution >= 4 is 12.4 Å². The van der Waals surface area contributed by atoms with E-state index in [-0.39, 0.29) is 6.54 Å². The van der Waals surface area contributed by atoms with Crippen LogP contribution in [0.1, 0.15) is 6.92 Å². The van der Waals surface area contributed by atoms with Gasteiger partial charge in [-0.25, -0.2) is 0 Å². The average molecular weight is 156 g/mol. The van der Waals surface area contributed by atoms with Gasteiger partial charge in [-0.05, 0) is 6.20 Å². The van der Waals surface area contributed by atoms with Gasteiger partial charge in [0.1, 0.15) is 0 Å². The quantitative estimate of drug-likeness (QED) is 0.478. The van der Waals surface area contributed by atoms with Crippen LogP contribution in [0.4, 0.5) is 0 Å². The topological polar surface area (TPSA) is 60.4 Å².